The lowest BCUT2D eigenvalue weighted by Crippen LogP contribution is -2.53. The van der Waals surface area contributed by atoms with Gasteiger partial charge in [-0.3, -0.25) is 19.7 Å². The molecule has 5 heteroatoms. The van der Waals surface area contributed by atoms with Crippen LogP contribution >= 0.6 is 0 Å². The zero-order valence-electron chi connectivity index (χ0n) is 13.4. The number of aliphatic hydroxyl groups excluding tert-OH is 1. The van der Waals surface area contributed by atoms with Crippen molar-refractivity contribution in [3.63, 3.8) is 0 Å². The van der Waals surface area contributed by atoms with E-state index in [1.54, 1.807) is 0 Å². The van der Waals surface area contributed by atoms with Gasteiger partial charge >= 0.3 is 0 Å². The molecule has 0 atom stereocenters. The number of piperazine rings is 1. The minimum absolute atomic E-state index is 0.285. The predicted molar refractivity (Wildman–Crippen MR) is 87.6 cm³/mol. The van der Waals surface area contributed by atoms with Crippen LogP contribution in [0.15, 0.2) is 24.5 Å². The van der Waals surface area contributed by atoms with E-state index in [9.17, 15) is 0 Å². The molecule has 0 bridgehead atoms. The number of hydrogen-bond acceptors (Lipinski definition) is 5. The van der Waals surface area contributed by atoms with Gasteiger partial charge in [0.15, 0.2) is 0 Å². The Morgan fingerprint density at radius 1 is 0.955 bits per heavy atom. The van der Waals surface area contributed by atoms with Crippen molar-refractivity contribution in [2.24, 2.45) is 0 Å². The minimum Gasteiger partial charge on any atom is -0.395 e. The van der Waals surface area contributed by atoms with E-state index >= 15 is 0 Å². The van der Waals surface area contributed by atoms with Crippen LogP contribution in [0.4, 0.5) is 0 Å². The van der Waals surface area contributed by atoms with Crippen LogP contribution in [0.5, 0.6) is 0 Å². The molecule has 3 heterocycles. The maximum atomic E-state index is 9.02. The van der Waals surface area contributed by atoms with Gasteiger partial charge in [-0.2, -0.15) is 0 Å². The molecule has 0 aliphatic carbocycles. The van der Waals surface area contributed by atoms with Crippen LogP contribution in [0.3, 0.4) is 0 Å². The first kappa shape index (κ1) is 15.9. The van der Waals surface area contributed by atoms with Crippen molar-refractivity contribution in [3.05, 3.63) is 30.1 Å². The molecule has 0 saturated carbocycles. The fourth-order valence-corrected chi connectivity index (χ4v) is 3.68. The standard InChI is InChI=1S/C17H28N4O/c22-14-13-19-9-11-21(12-10-19)17-3-7-20(8-4-17)15-16-1-5-18-6-2-16/h1-2,5-6,17,22H,3-4,7-15H2. The number of pyridine rings is 1. The average Bonchev–Trinajstić information content (AvgIpc) is 2.58. The number of hydrogen-bond donors (Lipinski definition) is 1. The summed E-state index contributed by atoms with van der Waals surface area (Å²) >= 11 is 0. The first-order valence-electron chi connectivity index (χ1n) is 8.53. The molecule has 0 amide bonds. The summed E-state index contributed by atoms with van der Waals surface area (Å²) in [7, 11) is 0. The summed E-state index contributed by atoms with van der Waals surface area (Å²) in [5.74, 6) is 0. The second-order valence-corrected chi connectivity index (χ2v) is 6.46. The number of rotatable bonds is 5. The summed E-state index contributed by atoms with van der Waals surface area (Å²) in [5.41, 5.74) is 1.37. The van der Waals surface area contributed by atoms with Gasteiger partial charge in [-0.05, 0) is 43.6 Å². The first-order valence-corrected chi connectivity index (χ1v) is 8.53. The van der Waals surface area contributed by atoms with E-state index in [-0.39, 0.29) is 6.61 Å². The van der Waals surface area contributed by atoms with E-state index < -0.39 is 0 Å². The molecule has 0 spiro atoms. The van der Waals surface area contributed by atoms with Gasteiger partial charge < -0.3 is 5.11 Å². The Morgan fingerprint density at radius 3 is 2.27 bits per heavy atom. The molecule has 1 aromatic rings. The summed E-state index contributed by atoms with van der Waals surface area (Å²) in [6, 6.07) is 4.99. The fourth-order valence-electron chi connectivity index (χ4n) is 3.68. The highest BCUT2D eigenvalue weighted by molar-refractivity contribution is 5.09. The summed E-state index contributed by atoms with van der Waals surface area (Å²) < 4.78 is 0. The topological polar surface area (TPSA) is 42.8 Å². The molecule has 2 aliphatic heterocycles. The number of aliphatic hydroxyl groups is 1. The van der Waals surface area contributed by atoms with Crippen molar-refractivity contribution in [1.82, 2.24) is 19.7 Å². The number of nitrogens with zero attached hydrogens (tertiary/aromatic N) is 4. The smallest absolute Gasteiger partial charge is 0.0558 e. The quantitative estimate of drug-likeness (QED) is 0.865. The Balaban J connectivity index is 1.40. The Kier molecular flexibility index (Phi) is 5.78. The fraction of sp³-hybridized carbons (Fsp3) is 0.706. The Hall–Kier alpha value is -1.01. The van der Waals surface area contributed by atoms with Gasteiger partial charge in [0.2, 0.25) is 0 Å². The van der Waals surface area contributed by atoms with Crippen molar-refractivity contribution in [1.29, 1.82) is 0 Å². The molecule has 3 rings (SSSR count). The maximum absolute atomic E-state index is 9.02. The molecule has 1 aromatic heterocycles. The first-order chi connectivity index (χ1) is 10.8. The summed E-state index contributed by atoms with van der Waals surface area (Å²) in [6.45, 7) is 9.11. The van der Waals surface area contributed by atoms with Crippen LogP contribution in [0.1, 0.15) is 18.4 Å². The normalized spacial score (nSPS) is 23.0. The van der Waals surface area contributed by atoms with Crippen molar-refractivity contribution >= 4 is 0 Å². The molecular formula is C17H28N4O. The SMILES string of the molecule is OCCN1CCN(C2CCN(Cc3ccncc3)CC2)CC1. The van der Waals surface area contributed by atoms with Gasteiger partial charge in [0.1, 0.15) is 0 Å². The molecule has 22 heavy (non-hydrogen) atoms. The molecular weight excluding hydrogens is 276 g/mol. The summed E-state index contributed by atoms with van der Waals surface area (Å²) in [5, 5.41) is 9.02. The lowest BCUT2D eigenvalue weighted by Gasteiger charge is -2.42. The van der Waals surface area contributed by atoms with E-state index in [2.05, 4.69) is 31.8 Å². The van der Waals surface area contributed by atoms with Crippen LogP contribution in [0, 0.1) is 0 Å². The van der Waals surface area contributed by atoms with Crippen molar-refractivity contribution in [2.45, 2.75) is 25.4 Å². The lowest BCUT2D eigenvalue weighted by molar-refractivity contribution is 0.0516. The van der Waals surface area contributed by atoms with Crippen molar-refractivity contribution in [3.8, 4) is 0 Å². The Labute approximate surface area is 133 Å². The third-order valence-electron chi connectivity index (χ3n) is 5.05. The van der Waals surface area contributed by atoms with E-state index in [0.717, 1.165) is 45.3 Å². The van der Waals surface area contributed by atoms with Gasteiger partial charge in [-0.25, -0.2) is 0 Å². The summed E-state index contributed by atoms with van der Waals surface area (Å²) in [4.78, 5) is 11.7. The molecule has 0 aromatic carbocycles. The zero-order valence-corrected chi connectivity index (χ0v) is 13.4. The summed E-state index contributed by atoms with van der Waals surface area (Å²) in [6.07, 6.45) is 6.33. The second-order valence-electron chi connectivity index (χ2n) is 6.46. The monoisotopic (exact) mass is 304 g/mol. The molecule has 122 valence electrons. The van der Waals surface area contributed by atoms with Crippen LogP contribution in [0.25, 0.3) is 0 Å². The van der Waals surface area contributed by atoms with E-state index in [4.69, 9.17) is 5.11 Å². The van der Waals surface area contributed by atoms with Crippen molar-refractivity contribution < 1.29 is 5.11 Å². The molecule has 2 aliphatic rings. The van der Waals surface area contributed by atoms with Gasteiger partial charge in [-0.1, -0.05) is 0 Å². The Bertz CT molecular complexity index is 426. The molecule has 0 radical (unpaired) electrons. The van der Waals surface area contributed by atoms with Gasteiger partial charge in [-0.15, -0.1) is 0 Å². The van der Waals surface area contributed by atoms with E-state index in [1.165, 1.54) is 31.5 Å². The number of aromatic nitrogens is 1. The number of likely N-dealkylation sites (tertiary alicyclic amines) is 1. The zero-order chi connectivity index (χ0) is 15.2. The third kappa shape index (κ3) is 4.26. The number of β-amino-alcohol motifs (C(OH)–C–C–N with tert-alkyl or cyclic N) is 1. The Morgan fingerprint density at radius 2 is 1.64 bits per heavy atom. The molecule has 0 unspecified atom stereocenters. The average molecular weight is 304 g/mol. The van der Waals surface area contributed by atoms with Crippen LogP contribution in [-0.4, -0.2) is 83.3 Å². The predicted octanol–water partition coefficient (Wildman–Crippen LogP) is 0.656. The largest absolute Gasteiger partial charge is 0.395 e. The van der Waals surface area contributed by atoms with Gasteiger partial charge in [0, 0.05) is 57.7 Å². The molecule has 2 saturated heterocycles. The van der Waals surface area contributed by atoms with Gasteiger partial charge in [0.25, 0.3) is 0 Å². The highest BCUT2D eigenvalue weighted by atomic mass is 16.3. The van der Waals surface area contributed by atoms with Crippen LogP contribution < -0.4 is 0 Å². The van der Waals surface area contributed by atoms with Gasteiger partial charge in [0.05, 0.1) is 6.61 Å². The molecule has 1 N–H and O–H groups in total. The minimum atomic E-state index is 0.285. The highest BCUT2D eigenvalue weighted by Gasteiger charge is 2.27. The van der Waals surface area contributed by atoms with Crippen LogP contribution in [-0.2, 0) is 6.54 Å². The molecule has 5 nitrogen and oxygen atoms in total. The van der Waals surface area contributed by atoms with Crippen molar-refractivity contribution in [2.75, 3.05) is 52.4 Å². The number of piperidine rings is 1. The maximum Gasteiger partial charge on any atom is 0.0558 e. The van der Waals surface area contributed by atoms with E-state index in [0.29, 0.717) is 0 Å². The molecule has 2 fully saturated rings. The van der Waals surface area contributed by atoms with E-state index in [1.807, 2.05) is 12.4 Å². The third-order valence-corrected chi connectivity index (χ3v) is 5.05. The second kappa shape index (κ2) is 8.02. The van der Waals surface area contributed by atoms with Crippen LogP contribution in [0.2, 0.25) is 0 Å². The highest BCUT2D eigenvalue weighted by Crippen LogP contribution is 2.19. The lowest BCUT2D eigenvalue weighted by atomic mass is 10.0.